The lowest BCUT2D eigenvalue weighted by molar-refractivity contribution is -0.137. The Labute approximate surface area is 181 Å². The van der Waals surface area contributed by atoms with Gasteiger partial charge >= 0.3 is 6.18 Å². The first-order valence-corrected chi connectivity index (χ1v) is 9.19. The van der Waals surface area contributed by atoms with Gasteiger partial charge in [0.1, 0.15) is 5.75 Å². The number of hydrogen-bond acceptors (Lipinski definition) is 6. The van der Waals surface area contributed by atoms with Crippen LogP contribution in [0.15, 0.2) is 48.8 Å². The Morgan fingerprint density at radius 1 is 1.03 bits per heavy atom. The zero-order valence-electron chi connectivity index (χ0n) is 17.0. The highest BCUT2D eigenvalue weighted by molar-refractivity contribution is 6.08. The number of nitrogens with zero attached hydrogens (tertiary/aromatic N) is 2. The molecule has 4 N–H and O–H groups in total. The van der Waals surface area contributed by atoms with Crippen LogP contribution in [0, 0.1) is 11.8 Å². The van der Waals surface area contributed by atoms with Crippen LogP contribution in [0.4, 0.5) is 30.5 Å². The zero-order valence-corrected chi connectivity index (χ0v) is 17.0. The Morgan fingerprint density at radius 3 is 2.34 bits per heavy atom. The summed E-state index contributed by atoms with van der Waals surface area (Å²) in [5.74, 6) is 5.42. The van der Waals surface area contributed by atoms with Crippen LogP contribution in [0.3, 0.4) is 0 Å². The molecule has 1 heterocycles. The number of nitrogen functional groups attached to an aromatic ring is 1. The van der Waals surface area contributed by atoms with Gasteiger partial charge in [0, 0.05) is 25.0 Å². The van der Waals surface area contributed by atoms with E-state index in [1.807, 2.05) is 0 Å². The number of carbonyl (C=O) groups is 1. The molecule has 164 valence electrons. The molecule has 10 heteroatoms. The molecule has 0 saturated heterocycles. The Bertz CT molecular complexity index is 1200. The highest BCUT2D eigenvalue weighted by atomic mass is 19.4. The normalized spacial score (nSPS) is 10.7. The summed E-state index contributed by atoms with van der Waals surface area (Å²) in [6.45, 7) is 0. The summed E-state index contributed by atoms with van der Waals surface area (Å²) in [6, 6.07) is 7.70. The van der Waals surface area contributed by atoms with E-state index in [-0.39, 0.29) is 22.9 Å². The number of alkyl halides is 3. The number of aromatic nitrogens is 2. The molecule has 32 heavy (non-hydrogen) atoms. The van der Waals surface area contributed by atoms with Gasteiger partial charge in [0.25, 0.3) is 5.91 Å². The number of ether oxygens (including phenoxy) is 1. The van der Waals surface area contributed by atoms with E-state index in [9.17, 15) is 18.0 Å². The van der Waals surface area contributed by atoms with Gasteiger partial charge in [-0.1, -0.05) is 11.8 Å². The third-order valence-electron chi connectivity index (χ3n) is 4.33. The van der Waals surface area contributed by atoms with Crippen LogP contribution < -0.4 is 21.1 Å². The Balaban J connectivity index is 1.93. The average Bonchev–Trinajstić information content (AvgIpc) is 2.77. The number of amides is 1. The average molecular weight is 441 g/mol. The maximum atomic E-state index is 13.1. The maximum Gasteiger partial charge on any atom is 0.416 e. The molecule has 1 aromatic heterocycles. The molecule has 0 spiro atoms. The highest BCUT2D eigenvalue weighted by Crippen LogP contribution is 2.34. The fourth-order valence-corrected chi connectivity index (χ4v) is 2.74. The third-order valence-corrected chi connectivity index (χ3v) is 4.33. The highest BCUT2D eigenvalue weighted by Gasteiger charge is 2.31. The Hall–Kier alpha value is -4.26. The molecule has 7 nitrogen and oxygen atoms in total. The fourth-order valence-electron chi connectivity index (χ4n) is 2.74. The first-order chi connectivity index (χ1) is 15.2. The van der Waals surface area contributed by atoms with Gasteiger partial charge in [0.2, 0.25) is 5.95 Å². The minimum atomic E-state index is -4.55. The molecule has 2 aromatic carbocycles. The quantitative estimate of drug-likeness (QED) is 0.533. The van der Waals surface area contributed by atoms with E-state index < -0.39 is 17.6 Å². The molecular formula is C22H18F3N5O2. The monoisotopic (exact) mass is 441 g/mol. The van der Waals surface area contributed by atoms with Crippen molar-refractivity contribution in [3.63, 3.8) is 0 Å². The molecule has 0 fully saturated rings. The van der Waals surface area contributed by atoms with Crippen molar-refractivity contribution in [2.24, 2.45) is 0 Å². The number of nitrogens with two attached hydrogens (primary N) is 1. The Morgan fingerprint density at radius 2 is 1.72 bits per heavy atom. The van der Waals surface area contributed by atoms with Crippen LogP contribution in [0.5, 0.6) is 5.75 Å². The lowest BCUT2D eigenvalue weighted by Gasteiger charge is -2.15. The van der Waals surface area contributed by atoms with Crippen molar-refractivity contribution in [3.8, 4) is 17.6 Å². The van der Waals surface area contributed by atoms with Crippen molar-refractivity contribution < 1.29 is 22.7 Å². The van der Waals surface area contributed by atoms with Gasteiger partial charge in [0.05, 0.1) is 35.2 Å². The second-order valence-electron chi connectivity index (χ2n) is 6.46. The number of nitrogens with one attached hydrogen (secondary N) is 2. The summed E-state index contributed by atoms with van der Waals surface area (Å²) < 4.78 is 44.5. The minimum absolute atomic E-state index is 0.0233. The first-order valence-electron chi connectivity index (χ1n) is 9.19. The van der Waals surface area contributed by atoms with Crippen LogP contribution in [0.25, 0.3) is 0 Å². The fraction of sp³-hybridized carbons (Fsp3) is 0.136. The van der Waals surface area contributed by atoms with Crippen LogP contribution in [-0.2, 0) is 6.18 Å². The molecule has 0 aliphatic heterocycles. The predicted molar refractivity (Wildman–Crippen MR) is 114 cm³/mol. The zero-order chi connectivity index (χ0) is 23.3. The van der Waals surface area contributed by atoms with Gasteiger partial charge in [-0.25, -0.2) is 9.97 Å². The van der Waals surface area contributed by atoms with Gasteiger partial charge in [-0.05, 0) is 36.4 Å². The number of carbonyl (C=O) groups excluding carboxylic acids is 1. The number of benzene rings is 2. The van der Waals surface area contributed by atoms with Crippen LogP contribution in [0.2, 0.25) is 0 Å². The van der Waals surface area contributed by atoms with Gasteiger partial charge in [0.15, 0.2) is 0 Å². The molecule has 0 unspecified atom stereocenters. The summed E-state index contributed by atoms with van der Waals surface area (Å²) in [7, 11) is 2.92. The smallest absolute Gasteiger partial charge is 0.416 e. The van der Waals surface area contributed by atoms with Crippen molar-refractivity contribution in [1.82, 2.24) is 9.97 Å². The van der Waals surface area contributed by atoms with Gasteiger partial charge in [-0.2, -0.15) is 13.2 Å². The van der Waals surface area contributed by atoms with Crippen molar-refractivity contribution in [2.75, 3.05) is 30.5 Å². The summed E-state index contributed by atoms with van der Waals surface area (Å²) in [5, 5.41) is 5.27. The number of hydrogen-bond donors (Lipinski definition) is 3. The number of anilines is 3. The molecule has 0 atom stereocenters. The largest absolute Gasteiger partial charge is 0.496 e. The van der Waals surface area contributed by atoms with Crippen LogP contribution in [-0.4, -0.2) is 30.0 Å². The SMILES string of the molecule is CNc1ccc(C(F)(F)F)cc1NC(=O)c1cc(C#Cc2cnc(N)nc2)ccc1OC. The summed E-state index contributed by atoms with van der Waals surface area (Å²) in [5.41, 5.74) is 5.95. The molecule has 0 bridgehead atoms. The van der Waals surface area contributed by atoms with Crippen molar-refractivity contribution in [2.45, 2.75) is 6.18 Å². The summed E-state index contributed by atoms with van der Waals surface area (Å²) >= 11 is 0. The van der Waals surface area contributed by atoms with E-state index in [4.69, 9.17) is 10.5 Å². The van der Waals surface area contributed by atoms with Gasteiger partial charge < -0.3 is 21.1 Å². The summed E-state index contributed by atoms with van der Waals surface area (Å²) in [6.07, 6.45) is -1.64. The molecular weight excluding hydrogens is 423 g/mol. The lowest BCUT2D eigenvalue weighted by atomic mass is 10.1. The van der Waals surface area contributed by atoms with Crippen LogP contribution >= 0.6 is 0 Å². The van der Waals surface area contributed by atoms with E-state index in [0.717, 1.165) is 12.1 Å². The Kier molecular flexibility index (Phi) is 6.49. The molecule has 1 amide bonds. The lowest BCUT2D eigenvalue weighted by Crippen LogP contribution is -2.16. The minimum Gasteiger partial charge on any atom is -0.496 e. The van der Waals surface area contributed by atoms with E-state index in [1.165, 1.54) is 38.7 Å². The standard InChI is InChI=1S/C22H18F3N5O2/c1-27-17-7-6-15(22(23,24)25)10-18(17)30-20(31)16-9-13(5-8-19(16)32-2)3-4-14-11-28-21(26)29-12-14/h5-12,27H,1-2H3,(H,30,31)(H2,26,28,29). The maximum absolute atomic E-state index is 13.1. The van der Waals surface area contributed by atoms with E-state index in [1.54, 1.807) is 12.1 Å². The third kappa shape index (κ3) is 5.26. The van der Waals surface area contributed by atoms with Crippen molar-refractivity contribution >= 4 is 23.2 Å². The van der Waals surface area contributed by atoms with E-state index >= 15 is 0 Å². The second kappa shape index (κ2) is 9.26. The second-order valence-corrected chi connectivity index (χ2v) is 6.46. The van der Waals surface area contributed by atoms with E-state index in [2.05, 4.69) is 32.4 Å². The predicted octanol–water partition coefficient (Wildman–Crippen LogP) is 3.78. The van der Waals surface area contributed by atoms with E-state index in [0.29, 0.717) is 16.8 Å². The first kappa shape index (κ1) is 22.4. The molecule has 0 saturated carbocycles. The topological polar surface area (TPSA) is 102 Å². The van der Waals surface area contributed by atoms with Gasteiger partial charge in [-0.15, -0.1) is 0 Å². The molecule has 3 rings (SSSR count). The number of halogens is 3. The number of methoxy groups -OCH3 is 1. The van der Waals surface area contributed by atoms with Crippen molar-refractivity contribution in [1.29, 1.82) is 0 Å². The number of rotatable bonds is 4. The molecule has 0 aliphatic rings. The van der Waals surface area contributed by atoms with Gasteiger partial charge in [-0.3, -0.25) is 4.79 Å². The van der Waals surface area contributed by atoms with Crippen molar-refractivity contribution in [3.05, 3.63) is 71.0 Å². The van der Waals surface area contributed by atoms with Crippen LogP contribution in [0.1, 0.15) is 27.0 Å². The molecule has 0 aliphatic carbocycles. The molecule has 3 aromatic rings. The molecule has 0 radical (unpaired) electrons. The summed E-state index contributed by atoms with van der Waals surface area (Å²) in [4.78, 5) is 20.6.